The Balaban J connectivity index is 1.60. The maximum Gasteiger partial charge on any atom is 0.273 e. The minimum absolute atomic E-state index is 0.260. The van der Waals surface area contributed by atoms with Gasteiger partial charge in [0.05, 0.1) is 24.7 Å². The van der Waals surface area contributed by atoms with Gasteiger partial charge in [-0.3, -0.25) is 0 Å². The highest BCUT2D eigenvalue weighted by Gasteiger charge is 2.17. The number of hydrogen-bond acceptors (Lipinski definition) is 8. The van der Waals surface area contributed by atoms with Gasteiger partial charge in [0.25, 0.3) is 11.1 Å². The summed E-state index contributed by atoms with van der Waals surface area (Å²) < 4.78 is 10.9. The highest BCUT2D eigenvalue weighted by atomic mass is 32.1. The summed E-state index contributed by atoms with van der Waals surface area (Å²) in [4.78, 5) is 15.5. The lowest BCUT2D eigenvalue weighted by Gasteiger charge is -2.27. The SMILES string of the molecule is COc1nc(COc2nc(-c3cc(C)c4c(c3)CN(C)CC4)cnc2N)cs1. The maximum absolute atomic E-state index is 5.97. The Morgan fingerprint density at radius 1 is 1.29 bits per heavy atom. The van der Waals surface area contributed by atoms with Crippen molar-refractivity contribution in [1.82, 2.24) is 19.9 Å². The summed E-state index contributed by atoms with van der Waals surface area (Å²) in [5, 5.41) is 2.48. The van der Waals surface area contributed by atoms with Crippen molar-refractivity contribution in [2.45, 2.75) is 26.5 Å². The van der Waals surface area contributed by atoms with Crippen LogP contribution < -0.4 is 15.2 Å². The Bertz CT molecular complexity index is 1000. The van der Waals surface area contributed by atoms with Crippen molar-refractivity contribution in [3.05, 3.63) is 46.1 Å². The molecule has 146 valence electrons. The smallest absolute Gasteiger partial charge is 0.273 e. The van der Waals surface area contributed by atoms with E-state index in [1.807, 2.05) is 5.38 Å². The first-order valence-electron chi connectivity index (χ1n) is 9.08. The summed E-state index contributed by atoms with van der Waals surface area (Å²) in [6.07, 6.45) is 2.78. The standard InChI is InChI=1S/C20H23N5O2S/c1-12-6-13(7-14-9-25(2)5-4-16(12)14)17-8-22-18(21)19(24-17)27-10-15-11-28-20(23-15)26-3/h6-8,11H,4-5,9-10H2,1-3H3,(H2,21,22). The molecule has 0 fully saturated rings. The summed E-state index contributed by atoms with van der Waals surface area (Å²) >= 11 is 1.42. The van der Waals surface area contributed by atoms with Crippen molar-refractivity contribution in [3.63, 3.8) is 0 Å². The number of methoxy groups -OCH3 is 1. The molecule has 0 radical (unpaired) electrons. The van der Waals surface area contributed by atoms with Crippen LogP contribution in [-0.4, -0.2) is 40.6 Å². The van der Waals surface area contributed by atoms with Crippen LogP contribution in [-0.2, 0) is 19.6 Å². The van der Waals surface area contributed by atoms with Crippen LogP contribution >= 0.6 is 11.3 Å². The third kappa shape index (κ3) is 3.79. The second-order valence-electron chi connectivity index (χ2n) is 6.96. The van der Waals surface area contributed by atoms with Crippen LogP contribution in [0.15, 0.2) is 23.7 Å². The number of benzene rings is 1. The summed E-state index contributed by atoms with van der Waals surface area (Å²) in [7, 11) is 3.74. The van der Waals surface area contributed by atoms with Gasteiger partial charge in [0, 0.05) is 24.0 Å². The highest BCUT2D eigenvalue weighted by molar-refractivity contribution is 7.11. The lowest BCUT2D eigenvalue weighted by Crippen LogP contribution is -2.27. The van der Waals surface area contributed by atoms with Crippen LogP contribution in [0.4, 0.5) is 5.82 Å². The average Bonchev–Trinajstić information content (AvgIpc) is 3.15. The number of anilines is 1. The molecule has 4 rings (SSSR count). The number of fused-ring (bicyclic) bond motifs is 1. The number of rotatable bonds is 5. The number of ether oxygens (including phenoxy) is 2. The third-order valence-electron chi connectivity index (χ3n) is 4.87. The quantitative estimate of drug-likeness (QED) is 0.708. The van der Waals surface area contributed by atoms with E-state index in [9.17, 15) is 0 Å². The molecule has 3 heterocycles. The molecule has 1 aromatic carbocycles. The van der Waals surface area contributed by atoms with Crippen molar-refractivity contribution in [2.75, 3.05) is 26.4 Å². The molecule has 1 aliphatic heterocycles. The summed E-state index contributed by atoms with van der Waals surface area (Å²) in [5.41, 5.74) is 12.6. The molecule has 3 aromatic rings. The van der Waals surface area contributed by atoms with Crippen LogP contribution in [0, 0.1) is 6.92 Å². The van der Waals surface area contributed by atoms with Gasteiger partial charge in [-0.2, -0.15) is 0 Å². The second-order valence-corrected chi connectivity index (χ2v) is 7.78. The number of aryl methyl sites for hydroxylation is 1. The molecule has 0 bridgehead atoms. The minimum atomic E-state index is 0.260. The van der Waals surface area contributed by atoms with E-state index < -0.39 is 0 Å². The number of aromatic nitrogens is 3. The molecule has 28 heavy (non-hydrogen) atoms. The predicted molar refractivity (Wildman–Crippen MR) is 110 cm³/mol. The Labute approximate surface area is 168 Å². The van der Waals surface area contributed by atoms with E-state index in [0.29, 0.717) is 11.1 Å². The van der Waals surface area contributed by atoms with E-state index in [1.54, 1.807) is 13.3 Å². The van der Waals surface area contributed by atoms with Gasteiger partial charge in [0.15, 0.2) is 5.82 Å². The lowest BCUT2D eigenvalue weighted by molar-refractivity contribution is 0.289. The van der Waals surface area contributed by atoms with E-state index in [4.69, 9.17) is 15.2 Å². The Morgan fingerprint density at radius 2 is 2.14 bits per heavy atom. The van der Waals surface area contributed by atoms with E-state index in [0.717, 1.165) is 36.5 Å². The Morgan fingerprint density at radius 3 is 2.93 bits per heavy atom. The molecule has 7 nitrogen and oxygen atoms in total. The van der Waals surface area contributed by atoms with Crippen molar-refractivity contribution in [3.8, 4) is 22.3 Å². The van der Waals surface area contributed by atoms with E-state index in [2.05, 4.69) is 46.0 Å². The molecule has 0 spiro atoms. The van der Waals surface area contributed by atoms with Gasteiger partial charge in [0.2, 0.25) is 0 Å². The van der Waals surface area contributed by atoms with Crippen LogP contribution in [0.5, 0.6) is 11.1 Å². The maximum atomic E-state index is 5.97. The van der Waals surface area contributed by atoms with Crippen LogP contribution in [0.3, 0.4) is 0 Å². The van der Waals surface area contributed by atoms with Crippen molar-refractivity contribution < 1.29 is 9.47 Å². The molecule has 0 atom stereocenters. The number of hydrogen-bond donors (Lipinski definition) is 1. The average molecular weight is 398 g/mol. The topological polar surface area (TPSA) is 86.4 Å². The minimum Gasteiger partial charge on any atom is -0.473 e. The fourth-order valence-corrected chi connectivity index (χ4v) is 4.05. The number of likely N-dealkylation sites (N-methyl/N-ethyl adjacent to an activating group) is 1. The second kappa shape index (κ2) is 7.73. The van der Waals surface area contributed by atoms with E-state index >= 15 is 0 Å². The molecule has 0 saturated heterocycles. The Hall–Kier alpha value is -2.71. The van der Waals surface area contributed by atoms with Gasteiger partial charge >= 0.3 is 0 Å². The summed E-state index contributed by atoms with van der Waals surface area (Å²) in [5.74, 6) is 0.581. The molecular formula is C20H23N5O2S. The highest BCUT2D eigenvalue weighted by Crippen LogP contribution is 2.30. The molecular weight excluding hydrogens is 374 g/mol. The number of nitrogens with zero attached hydrogens (tertiary/aromatic N) is 4. The molecule has 0 aliphatic carbocycles. The van der Waals surface area contributed by atoms with Gasteiger partial charge in [-0.1, -0.05) is 11.3 Å². The zero-order valence-electron chi connectivity index (χ0n) is 16.2. The first-order chi connectivity index (χ1) is 13.5. The summed E-state index contributed by atoms with van der Waals surface area (Å²) in [6.45, 7) is 4.46. The molecule has 2 aromatic heterocycles. The zero-order valence-corrected chi connectivity index (χ0v) is 17.0. The Kier molecular flexibility index (Phi) is 5.15. The third-order valence-corrected chi connectivity index (χ3v) is 5.72. The fraction of sp³-hybridized carbons (Fsp3) is 0.350. The van der Waals surface area contributed by atoms with Gasteiger partial charge < -0.3 is 20.1 Å². The normalized spacial score (nSPS) is 14.0. The van der Waals surface area contributed by atoms with Gasteiger partial charge in [-0.05, 0) is 49.2 Å². The van der Waals surface area contributed by atoms with Crippen molar-refractivity contribution in [1.29, 1.82) is 0 Å². The van der Waals surface area contributed by atoms with Crippen LogP contribution in [0.25, 0.3) is 11.3 Å². The number of nitrogen functional groups attached to an aromatic ring is 1. The monoisotopic (exact) mass is 397 g/mol. The van der Waals surface area contributed by atoms with Gasteiger partial charge in [-0.15, -0.1) is 0 Å². The van der Waals surface area contributed by atoms with Gasteiger partial charge in [-0.25, -0.2) is 15.0 Å². The molecule has 0 unspecified atom stereocenters. The van der Waals surface area contributed by atoms with Crippen LogP contribution in [0.2, 0.25) is 0 Å². The molecule has 2 N–H and O–H groups in total. The molecule has 8 heteroatoms. The van der Waals surface area contributed by atoms with E-state index in [1.165, 1.54) is 28.0 Å². The first-order valence-corrected chi connectivity index (χ1v) is 9.96. The van der Waals surface area contributed by atoms with Gasteiger partial charge in [0.1, 0.15) is 6.61 Å². The predicted octanol–water partition coefficient (Wildman–Crippen LogP) is 3.07. The fourth-order valence-electron chi connectivity index (χ4n) is 3.43. The van der Waals surface area contributed by atoms with Crippen LogP contribution in [0.1, 0.15) is 22.4 Å². The zero-order chi connectivity index (χ0) is 19.7. The molecule has 0 amide bonds. The molecule has 0 saturated carbocycles. The van der Waals surface area contributed by atoms with Crippen molar-refractivity contribution >= 4 is 17.2 Å². The van der Waals surface area contributed by atoms with E-state index in [-0.39, 0.29) is 12.4 Å². The molecule has 1 aliphatic rings. The number of thiazole rings is 1. The number of nitrogens with two attached hydrogens (primary N) is 1. The summed E-state index contributed by atoms with van der Waals surface area (Å²) in [6, 6.07) is 4.37. The lowest BCUT2D eigenvalue weighted by atomic mass is 9.92. The van der Waals surface area contributed by atoms with Crippen molar-refractivity contribution in [2.24, 2.45) is 0 Å². The largest absolute Gasteiger partial charge is 0.473 e. The first kappa shape index (κ1) is 18.6.